The Morgan fingerprint density at radius 2 is 1.98 bits per heavy atom. The van der Waals surface area contributed by atoms with E-state index in [1.165, 1.54) is 11.3 Å². The largest absolute Gasteiger partial charge is 0.482 e. The maximum atomic E-state index is 13.3. The number of benzene rings is 1. The number of nitrogens with one attached hydrogen (secondary N) is 1. The number of carbonyl (C=O) groups excluding carboxylic acids is 2. The second-order valence-corrected chi connectivity index (χ2v) is 14.4. The molecule has 1 amide bonds. The molecule has 1 aliphatic heterocycles. The first kappa shape index (κ1) is 29.8. The summed E-state index contributed by atoms with van der Waals surface area (Å²) in [6.45, 7) is 12.3. The van der Waals surface area contributed by atoms with Gasteiger partial charge in [-0.3, -0.25) is 4.79 Å². The van der Waals surface area contributed by atoms with E-state index in [9.17, 15) is 14.8 Å². The monoisotopic (exact) mass is 580 g/mol. The van der Waals surface area contributed by atoms with Crippen molar-refractivity contribution in [1.29, 1.82) is 0 Å². The molecule has 10 heteroatoms. The van der Waals surface area contributed by atoms with Gasteiger partial charge in [0.2, 0.25) is 5.91 Å². The average molecular weight is 581 g/mol. The number of carbonyl (C=O) groups is 2. The third kappa shape index (κ3) is 6.10. The summed E-state index contributed by atoms with van der Waals surface area (Å²) in [4.78, 5) is 26.8. The Hall–Kier alpha value is -2.69. The van der Waals surface area contributed by atoms with Crippen molar-refractivity contribution in [3.8, 4) is 0 Å². The maximum Gasteiger partial charge on any atom is 0.482 e. The van der Waals surface area contributed by atoms with Gasteiger partial charge < -0.3 is 24.6 Å². The molecule has 4 fully saturated rings. The molecule has 4 unspecified atom stereocenters. The molecule has 2 bridgehead atoms. The lowest BCUT2D eigenvalue weighted by Gasteiger charge is -2.64. The highest BCUT2D eigenvalue weighted by atomic mass is 32.1. The highest BCUT2D eigenvalue weighted by Gasteiger charge is 2.68. The lowest BCUT2D eigenvalue weighted by molar-refractivity contribution is -0.199. The first-order valence-electron chi connectivity index (χ1n) is 14.5. The fourth-order valence-corrected chi connectivity index (χ4v) is 7.62. The van der Waals surface area contributed by atoms with Crippen LogP contribution in [0.3, 0.4) is 0 Å². The molecule has 1 aromatic carbocycles. The zero-order valence-corrected chi connectivity index (χ0v) is 25.6. The van der Waals surface area contributed by atoms with Crippen LogP contribution in [0.25, 0.3) is 0 Å². The quantitative estimate of drug-likeness (QED) is 0.130. The smallest absolute Gasteiger partial charge is 0.456 e. The zero-order chi connectivity index (χ0) is 29.6. The SMILES string of the molecule is CC(C)(C)OC(=O)c1cccc(CC(NC(=O)CCC(=NO)c2cccs2)B2OC3CC4C[C@H](C4(C)C)C3(C)O2)c1. The Morgan fingerprint density at radius 3 is 2.63 bits per heavy atom. The molecular weight excluding hydrogens is 539 g/mol. The number of esters is 1. The summed E-state index contributed by atoms with van der Waals surface area (Å²) < 4.78 is 18.9. The van der Waals surface area contributed by atoms with Crippen LogP contribution in [0.4, 0.5) is 0 Å². The molecule has 1 aromatic heterocycles. The third-order valence-corrected chi connectivity index (χ3v) is 10.1. The van der Waals surface area contributed by atoms with E-state index in [1.54, 1.807) is 6.07 Å². The molecule has 0 radical (unpaired) electrons. The Balaban J connectivity index is 1.33. The van der Waals surface area contributed by atoms with E-state index < -0.39 is 30.2 Å². The van der Waals surface area contributed by atoms with Crippen LogP contribution in [0.5, 0.6) is 0 Å². The molecule has 4 aliphatic rings. The zero-order valence-electron chi connectivity index (χ0n) is 24.8. The molecule has 2 heterocycles. The van der Waals surface area contributed by atoms with Gasteiger partial charge in [-0.15, -0.1) is 11.3 Å². The second kappa shape index (κ2) is 11.2. The van der Waals surface area contributed by atoms with Crippen LogP contribution in [0.15, 0.2) is 46.9 Å². The van der Waals surface area contributed by atoms with Gasteiger partial charge in [0.05, 0.1) is 33.8 Å². The van der Waals surface area contributed by atoms with Crippen LogP contribution in [-0.2, 0) is 25.3 Å². The van der Waals surface area contributed by atoms with E-state index in [1.807, 2.05) is 56.5 Å². The number of ether oxygens (including phenoxy) is 1. The van der Waals surface area contributed by atoms with Crippen molar-refractivity contribution in [3.63, 3.8) is 0 Å². The van der Waals surface area contributed by atoms with Gasteiger partial charge >= 0.3 is 13.1 Å². The topological polar surface area (TPSA) is 106 Å². The number of oxime groups is 1. The first-order chi connectivity index (χ1) is 19.3. The summed E-state index contributed by atoms with van der Waals surface area (Å²) in [6.07, 6.45) is 2.92. The number of hydrogen-bond donors (Lipinski definition) is 2. The Kier molecular flexibility index (Phi) is 8.13. The molecule has 3 aliphatic carbocycles. The number of hydrogen-bond acceptors (Lipinski definition) is 8. The second-order valence-electron chi connectivity index (χ2n) is 13.4. The van der Waals surface area contributed by atoms with Gasteiger partial charge in [0, 0.05) is 12.8 Å². The van der Waals surface area contributed by atoms with Gasteiger partial charge in [0.25, 0.3) is 0 Å². The molecule has 5 atom stereocenters. The minimum absolute atomic E-state index is 0.0243. The fourth-order valence-electron chi connectivity index (χ4n) is 6.88. The molecule has 41 heavy (non-hydrogen) atoms. The van der Waals surface area contributed by atoms with E-state index in [2.05, 4.69) is 31.2 Å². The summed E-state index contributed by atoms with van der Waals surface area (Å²) in [7, 11) is -0.627. The van der Waals surface area contributed by atoms with Crippen LogP contribution in [-0.4, -0.2) is 53.2 Å². The molecule has 2 N–H and O–H groups in total. The molecule has 220 valence electrons. The molecule has 0 spiro atoms. The van der Waals surface area contributed by atoms with Gasteiger partial charge in [-0.2, -0.15) is 0 Å². The van der Waals surface area contributed by atoms with Gasteiger partial charge in [0.1, 0.15) is 5.60 Å². The third-order valence-electron chi connectivity index (χ3n) is 9.18. The van der Waals surface area contributed by atoms with Crippen molar-refractivity contribution in [2.45, 2.75) is 96.9 Å². The highest BCUT2D eigenvalue weighted by molar-refractivity contribution is 7.12. The van der Waals surface area contributed by atoms with Crippen molar-refractivity contribution in [3.05, 3.63) is 57.8 Å². The highest BCUT2D eigenvalue weighted by Crippen LogP contribution is 2.65. The number of amides is 1. The van der Waals surface area contributed by atoms with Gasteiger partial charge in [-0.25, -0.2) is 4.79 Å². The minimum Gasteiger partial charge on any atom is -0.456 e. The predicted octanol–water partition coefficient (Wildman–Crippen LogP) is 5.66. The molecule has 8 nitrogen and oxygen atoms in total. The Morgan fingerprint density at radius 1 is 1.20 bits per heavy atom. The van der Waals surface area contributed by atoms with Gasteiger partial charge in [-0.1, -0.05) is 37.2 Å². The van der Waals surface area contributed by atoms with Gasteiger partial charge in [-0.05, 0) is 93.4 Å². The maximum absolute atomic E-state index is 13.3. The molecule has 1 saturated heterocycles. The van der Waals surface area contributed by atoms with Crippen LogP contribution in [0.2, 0.25) is 0 Å². The summed E-state index contributed by atoms with van der Waals surface area (Å²) in [5, 5.41) is 18.0. The van der Waals surface area contributed by atoms with Crippen LogP contribution < -0.4 is 5.32 Å². The lowest BCUT2D eigenvalue weighted by Crippen LogP contribution is -2.65. The van der Waals surface area contributed by atoms with E-state index in [-0.39, 0.29) is 23.8 Å². The molecule has 3 saturated carbocycles. The molecule has 2 aromatic rings. The Labute approximate surface area is 247 Å². The van der Waals surface area contributed by atoms with E-state index in [0.29, 0.717) is 36.0 Å². The van der Waals surface area contributed by atoms with Crippen molar-refractivity contribution in [2.24, 2.45) is 22.4 Å². The molecule has 6 rings (SSSR count). The standard InChI is InChI=1S/C31H41BN2O6S/c1-29(2,3)38-28(36)20-10-7-9-19(15-20)16-26(33-27(35)13-12-22(34-37)23-11-8-14-41-23)32-39-25-18-21-17-24(30(21,4)5)31(25,6)40-32/h7-11,14-15,21,24-26,37H,12-13,16-18H2,1-6H3,(H,33,35)/t21?,24-,25?,26?,31?/m1/s1. The van der Waals surface area contributed by atoms with Crippen LogP contribution in [0, 0.1) is 17.3 Å². The average Bonchev–Trinajstić information content (AvgIpc) is 3.55. The number of thiophene rings is 1. The fraction of sp³-hybridized carbons (Fsp3) is 0.581. The van der Waals surface area contributed by atoms with E-state index in [4.69, 9.17) is 14.0 Å². The van der Waals surface area contributed by atoms with Crippen molar-refractivity contribution in [2.75, 3.05) is 0 Å². The minimum atomic E-state index is -0.627. The summed E-state index contributed by atoms with van der Waals surface area (Å²) in [5.41, 5.74) is 0.984. The first-order valence-corrected chi connectivity index (χ1v) is 15.4. The predicted molar refractivity (Wildman–Crippen MR) is 159 cm³/mol. The summed E-state index contributed by atoms with van der Waals surface area (Å²) in [5.74, 6) is -0.0499. The summed E-state index contributed by atoms with van der Waals surface area (Å²) in [6, 6.07) is 11.1. The van der Waals surface area contributed by atoms with Crippen molar-refractivity contribution >= 4 is 36.0 Å². The Bertz CT molecular complexity index is 1310. The lowest BCUT2D eigenvalue weighted by atomic mass is 9.43. The van der Waals surface area contributed by atoms with Crippen molar-refractivity contribution in [1.82, 2.24) is 5.32 Å². The van der Waals surface area contributed by atoms with Crippen molar-refractivity contribution < 1.29 is 28.8 Å². The summed E-state index contributed by atoms with van der Waals surface area (Å²) >= 11 is 1.46. The van der Waals surface area contributed by atoms with E-state index in [0.717, 1.165) is 23.3 Å². The van der Waals surface area contributed by atoms with Gasteiger partial charge in [0.15, 0.2) is 0 Å². The van der Waals surface area contributed by atoms with E-state index >= 15 is 0 Å². The van der Waals surface area contributed by atoms with Crippen LogP contribution >= 0.6 is 11.3 Å². The van der Waals surface area contributed by atoms with Crippen LogP contribution in [0.1, 0.15) is 88.0 Å². The number of rotatable bonds is 9. The number of nitrogens with zero attached hydrogens (tertiary/aromatic N) is 1. The normalized spacial score (nSPS) is 27.5. The molecular formula is C31H41BN2O6S.